The first-order valence-electron chi connectivity index (χ1n) is 11.4. The second-order valence-corrected chi connectivity index (χ2v) is 10.8. The van der Waals surface area contributed by atoms with Gasteiger partial charge in [-0.3, -0.25) is 4.79 Å². The Morgan fingerprint density at radius 2 is 1.97 bits per heavy atom. The Balaban J connectivity index is 1.29. The van der Waals surface area contributed by atoms with Gasteiger partial charge in [-0.1, -0.05) is 19.1 Å². The molecule has 2 fully saturated rings. The van der Waals surface area contributed by atoms with Crippen LogP contribution in [0.4, 0.5) is 4.79 Å². The number of amides is 1. The van der Waals surface area contributed by atoms with Gasteiger partial charge in [0.05, 0.1) is 13.0 Å². The molecule has 2 aliphatic heterocycles. The van der Waals surface area contributed by atoms with Crippen LogP contribution in [0.15, 0.2) is 18.2 Å². The van der Waals surface area contributed by atoms with E-state index in [4.69, 9.17) is 14.2 Å². The molecule has 1 aliphatic carbocycles. The van der Waals surface area contributed by atoms with Gasteiger partial charge in [-0.15, -0.1) is 0 Å². The second kappa shape index (κ2) is 8.03. The van der Waals surface area contributed by atoms with Gasteiger partial charge in [-0.2, -0.15) is 0 Å². The fourth-order valence-corrected chi connectivity index (χ4v) is 5.32. The molecule has 6 nitrogen and oxygen atoms in total. The fraction of sp³-hybridized carbons (Fsp3) is 0.680. The summed E-state index contributed by atoms with van der Waals surface area (Å²) in [7, 11) is 1.43. The number of benzene rings is 1. The van der Waals surface area contributed by atoms with Gasteiger partial charge in [0, 0.05) is 18.5 Å². The first-order valence-corrected chi connectivity index (χ1v) is 11.4. The molecule has 1 saturated heterocycles. The number of fused-ring (bicyclic) bond motifs is 1. The van der Waals surface area contributed by atoms with Crippen LogP contribution < -0.4 is 4.74 Å². The highest BCUT2D eigenvalue weighted by atomic mass is 16.6. The Labute approximate surface area is 185 Å². The highest BCUT2D eigenvalue weighted by Crippen LogP contribution is 2.54. The summed E-state index contributed by atoms with van der Waals surface area (Å²) in [5.41, 5.74) is 2.18. The van der Waals surface area contributed by atoms with Crippen molar-refractivity contribution < 1.29 is 23.8 Å². The van der Waals surface area contributed by atoms with Crippen molar-refractivity contribution >= 4 is 12.1 Å². The Morgan fingerprint density at radius 3 is 2.61 bits per heavy atom. The molecule has 1 saturated carbocycles. The van der Waals surface area contributed by atoms with E-state index in [0.717, 1.165) is 50.1 Å². The first-order chi connectivity index (χ1) is 14.6. The minimum Gasteiger partial charge on any atom is -0.490 e. The number of hydrogen-bond donors (Lipinski definition) is 0. The summed E-state index contributed by atoms with van der Waals surface area (Å²) in [6.45, 7) is 9.20. The van der Waals surface area contributed by atoms with Gasteiger partial charge in [0.25, 0.3) is 0 Å². The predicted molar refractivity (Wildman–Crippen MR) is 117 cm³/mol. The van der Waals surface area contributed by atoms with E-state index in [-0.39, 0.29) is 29.5 Å². The normalized spacial score (nSPS) is 23.1. The molecule has 2 heterocycles. The largest absolute Gasteiger partial charge is 0.490 e. The van der Waals surface area contributed by atoms with Crippen molar-refractivity contribution in [2.45, 2.75) is 71.5 Å². The van der Waals surface area contributed by atoms with E-state index in [9.17, 15) is 9.59 Å². The molecule has 1 spiro atoms. The van der Waals surface area contributed by atoms with Crippen molar-refractivity contribution in [3.8, 4) is 5.75 Å². The number of esters is 1. The molecule has 6 heteroatoms. The van der Waals surface area contributed by atoms with Crippen LogP contribution in [0.5, 0.6) is 5.75 Å². The molecule has 170 valence electrons. The van der Waals surface area contributed by atoms with Gasteiger partial charge in [0.2, 0.25) is 0 Å². The van der Waals surface area contributed by atoms with Gasteiger partial charge < -0.3 is 19.1 Å². The first kappa shape index (κ1) is 22.0. The van der Waals surface area contributed by atoms with Gasteiger partial charge in [0.15, 0.2) is 0 Å². The van der Waals surface area contributed by atoms with Gasteiger partial charge in [-0.05, 0) is 76.0 Å². The summed E-state index contributed by atoms with van der Waals surface area (Å²) in [6, 6.07) is 6.33. The summed E-state index contributed by atoms with van der Waals surface area (Å²) in [5, 5.41) is 0. The van der Waals surface area contributed by atoms with Crippen molar-refractivity contribution in [2.24, 2.45) is 17.3 Å². The lowest BCUT2D eigenvalue weighted by Gasteiger charge is -2.60. The molecule has 4 rings (SSSR count). The predicted octanol–water partition coefficient (Wildman–Crippen LogP) is 4.38. The highest BCUT2D eigenvalue weighted by Gasteiger charge is 2.56. The highest BCUT2D eigenvalue weighted by molar-refractivity contribution is 5.72. The molecule has 0 radical (unpaired) electrons. The Hall–Kier alpha value is -2.24. The quantitative estimate of drug-likeness (QED) is 0.665. The van der Waals surface area contributed by atoms with E-state index in [1.165, 1.54) is 12.7 Å². The van der Waals surface area contributed by atoms with Crippen molar-refractivity contribution in [3.05, 3.63) is 29.3 Å². The molecular formula is C25H35NO5. The minimum absolute atomic E-state index is 0.166. The average molecular weight is 430 g/mol. The number of aryl methyl sites for hydroxylation is 1. The Kier molecular flexibility index (Phi) is 5.69. The lowest BCUT2D eigenvalue weighted by atomic mass is 9.56. The summed E-state index contributed by atoms with van der Waals surface area (Å²) in [5.74, 6) is 1.17. The molecule has 2 unspecified atom stereocenters. The molecule has 3 aliphatic rings. The number of ether oxygens (including phenoxy) is 3. The number of methoxy groups -OCH3 is 1. The maximum absolute atomic E-state index is 12.2. The standard InChI is InChI=1S/C25H35NO5/c1-16(22(27)29-5)10-17-6-7-18-8-9-20(30-21(18)11-17)19-12-25(13-19)14-26(15-25)23(28)31-24(2,3)4/h6-7,11,16,19-20H,8-10,12-15H2,1-5H3. The van der Waals surface area contributed by atoms with Crippen molar-refractivity contribution in [1.29, 1.82) is 0 Å². The number of likely N-dealkylation sites (tertiary alicyclic amines) is 1. The van der Waals surface area contributed by atoms with Crippen molar-refractivity contribution in [1.82, 2.24) is 4.90 Å². The molecule has 31 heavy (non-hydrogen) atoms. The maximum atomic E-state index is 12.2. The van der Waals surface area contributed by atoms with Crippen molar-refractivity contribution in [2.75, 3.05) is 20.2 Å². The third-order valence-corrected chi connectivity index (χ3v) is 6.87. The number of carbonyl (C=O) groups is 2. The number of carbonyl (C=O) groups excluding carboxylic acids is 2. The zero-order valence-electron chi connectivity index (χ0n) is 19.4. The van der Waals surface area contributed by atoms with Crippen LogP contribution in [0.3, 0.4) is 0 Å². The molecule has 2 atom stereocenters. The smallest absolute Gasteiger partial charge is 0.410 e. The monoisotopic (exact) mass is 429 g/mol. The Morgan fingerprint density at radius 1 is 1.26 bits per heavy atom. The van der Waals surface area contributed by atoms with Crippen LogP contribution in [0.2, 0.25) is 0 Å². The van der Waals surface area contributed by atoms with Crippen LogP contribution in [0.25, 0.3) is 0 Å². The topological polar surface area (TPSA) is 65.1 Å². The van der Waals surface area contributed by atoms with Crippen LogP contribution in [-0.4, -0.2) is 48.9 Å². The fourth-order valence-electron chi connectivity index (χ4n) is 5.32. The van der Waals surface area contributed by atoms with E-state index in [1.54, 1.807) is 0 Å². The molecule has 0 aromatic heterocycles. The van der Waals surface area contributed by atoms with Crippen LogP contribution in [0, 0.1) is 17.3 Å². The summed E-state index contributed by atoms with van der Waals surface area (Å²) in [4.78, 5) is 25.8. The zero-order chi connectivity index (χ0) is 22.4. The number of rotatable bonds is 4. The number of hydrogen-bond acceptors (Lipinski definition) is 5. The summed E-state index contributed by atoms with van der Waals surface area (Å²) >= 11 is 0. The lowest BCUT2D eigenvalue weighted by molar-refractivity contribution is -0.144. The van der Waals surface area contributed by atoms with E-state index in [0.29, 0.717) is 12.3 Å². The maximum Gasteiger partial charge on any atom is 0.410 e. The van der Waals surface area contributed by atoms with Gasteiger partial charge in [-0.25, -0.2) is 4.79 Å². The zero-order valence-corrected chi connectivity index (χ0v) is 19.4. The SMILES string of the molecule is COC(=O)C(C)Cc1ccc2c(c1)OC(C1CC3(C1)CN(C(=O)OC(C)(C)C)C3)CC2. The second-order valence-electron chi connectivity index (χ2n) is 10.8. The average Bonchev–Trinajstić information content (AvgIpc) is 2.63. The molecule has 1 aromatic carbocycles. The molecule has 1 amide bonds. The molecule has 0 bridgehead atoms. The van der Waals surface area contributed by atoms with Crippen LogP contribution in [-0.2, 0) is 27.1 Å². The minimum atomic E-state index is -0.446. The molecule has 0 N–H and O–H groups in total. The third kappa shape index (κ3) is 4.68. The summed E-state index contributed by atoms with van der Waals surface area (Å²) < 4.78 is 16.8. The van der Waals surface area contributed by atoms with Crippen LogP contribution >= 0.6 is 0 Å². The molecule has 1 aromatic rings. The number of nitrogens with zero attached hydrogens (tertiary/aromatic N) is 1. The Bertz CT molecular complexity index is 844. The van der Waals surface area contributed by atoms with E-state index >= 15 is 0 Å². The van der Waals surface area contributed by atoms with E-state index < -0.39 is 5.60 Å². The summed E-state index contributed by atoms with van der Waals surface area (Å²) in [6.07, 6.45) is 5.00. The van der Waals surface area contributed by atoms with Gasteiger partial charge >= 0.3 is 12.1 Å². The van der Waals surface area contributed by atoms with E-state index in [2.05, 4.69) is 18.2 Å². The van der Waals surface area contributed by atoms with Gasteiger partial charge in [0.1, 0.15) is 17.5 Å². The third-order valence-electron chi connectivity index (χ3n) is 6.87. The van der Waals surface area contributed by atoms with E-state index in [1.807, 2.05) is 32.6 Å². The lowest BCUT2D eigenvalue weighted by Crippen LogP contribution is -2.65. The van der Waals surface area contributed by atoms with Crippen molar-refractivity contribution in [3.63, 3.8) is 0 Å². The van der Waals surface area contributed by atoms with Crippen LogP contribution in [0.1, 0.15) is 58.1 Å². The molecular weight excluding hydrogens is 394 g/mol.